The molecule has 0 unspecified atom stereocenters. The van der Waals surface area contributed by atoms with Gasteiger partial charge in [-0.05, 0) is 53.6 Å². The van der Waals surface area contributed by atoms with Crippen molar-refractivity contribution >= 4 is 17.6 Å². The average Bonchev–Trinajstić information content (AvgIpc) is 3.33. The van der Waals surface area contributed by atoms with E-state index >= 15 is 0 Å². The normalized spacial score (nSPS) is 61.0. The van der Waals surface area contributed by atoms with Crippen molar-refractivity contribution < 1.29 is 14.3 Å². The van der Waals surface area contributed by atoms with Crippen LogP contribution in [0.25, 0.3) is 5.57 Å². The fourth-order valence-corrected chi connectivity index (χ4v) is 9.74. The predicted molar refractivity (Wildman–Crippen MR) is 92.7 cm³/mol. The van der Waals surface area contributed by atoms with Gasteiger partial charge in [0.15, 0.2) is 0 Å². The summed E-state index contributed by atoms with van der Waals surface area (Å²) in [6, 6.07) is 10.5. The van der Waals surface area contributed by atoms with E-state index in [1.807, 2.05) is 6.07 Å². The molecule has 0 N–H and O–H groups in total. The van der Waals surface area contributed by atoms with Gasteiger partial charge >= 0.3 is 0 Å². The molecule has 8 rings (SSSR count). The molecule has 4 bridgehead atoms. The number of Topliss-reactive ketones (excluding diaryl/α,β-unsaturated/α-hetero) is 1. The van der Waals surface area contributed by atoms with E-state index in [9.17, 15) is 9.59 Å². The van der Waals surface area contributed by atoms with Gasteiger partial charge in [0.1, 0.15) is 12.1 Å². The van der Waals surface area contributed by atoms with E-state index in [-0.39, 0.29) is 29.5 Å². The molecule has 7 aliphatic rings. The van der Waals surface area contributed by atoms with Crippen molar-refractivity contribution in [1.82, 2.24) is 0 Å². The SMILES string of the molecule is O=C[C@@H]1[C@H]2C[C@H](C=C2c2ccccc2)[C@@]23O[C@@H]4[C@H]5C[C@H]6[C@@H]4C(=O)[C@@]12[C@H]6[C@H]53. The van der Waals surface area contributed by atoms with Crippen LogP contribution in [0.15, 0.2) is 36.4 Å². The second-order valence-corrected chi connectivity index (χ2v) is 9.85. The van der Waals surface area contributed by atoms with Crippen molar-refractivity contribution in [1.29, 1.82) is 0 Å². The summed E-state index contributed by atoms with van der Waals surface area (Å²) in [6.45, 7) is 0. The Morgan fingerprint density at radius 1 is 1.08 bits per heavy atom. The molecule has 2 spiro atoms. The van der Waals surface area contributed by atoms with Gasteiger partial charge in [0.2, 0.25) is 0 Å². The van der Waals surface area contributed by atoms with Gasteiger partial charge < -0.3 is 9.53 Å². The number of hydrogen-bond acceptors (Lipinski definition) is 3. The van der Waals surface area contributed by atoms with Crippen molar-refractivity contribution in [3.05, 3.63) is 42.0 Å². The third-order valence-corrected chi connectivity index (χ3v) is 9.85. The molecule has 6 fully saturated rings. The molecule has 3 nitrogen and oxygen atoms in total. The molecule has 1 aliphatic heterocycles. The lowest BCUT2D eigenvalue weighted by molar-refractivity contribution is -0.288. The summed E-state index contributed by atoms with van der Waals surface area (Å²) in [5.74, 6) is 2.93. The maximum Gasteiger partial charge on any atom is 0.148 e. The standard InChI is InChI=1S/C23H20O3/c24-9-16-13-7-11(6-12(13)10-4-2-1-3-5-10)23-19-15-8-14-17(20(15)26-23)21(25)22(16,23)18(14)19/h1-6,9,11,13-20H,7-8H2/t11-,13-,14-,15-,16+,17-,18+,19-,20+,22-,23-/m0/s1. The molecule has 0 aromatic heterocycles. The van der Waals surface area contributed by atoms with Gasteiger partial charge in [-0.25, -0.2) is 0 Å². The fourth-order valence-electron chi connectivity index (χ4n) is 9.74. The number of allylic oxidation sites excluding steroid dienone is 1. The van der Waals surface area contributed by atoms with Crippen LogP contribution in [-0.4, -0.2) is 23.8 Å². The van der Waals surface area contributed by atoms with Crippen molar-refractivity contribution in [2.45, 2.75) is 24.5 Å². The summed E-state index contributed by atoms with van der Waals surface area (Å²) in [5.41, 5.74) is 1.68. The minimum Gasteiger partial charge on any atom is -0.369 e. The minimum atomic E-state index is -0.489. The van der Waals surface area contributed by atoms with E-state index in [1.54, 1.807) is 0 Å². The van der Waals surface area contributed by atoms with Gasteiger partial charge in [-0.1, -0.05) is 36.4 Å². The van der Waals surface area contributed by atoms with Crippen LogP contribution < -0.4 is 0 Å². The maximum absolute atomic E-state index is 13.7. The Morgan fingerprint density at radius 3 is 2.73 bits per heavy atom. The topological polar surface area (TPSA) is 43.4 Å². The summed E-state index contributed by atoms with van der Waals surface area (Å²) in [6.07, 6.45) is 5.88. The molecule has 26 heavy (non-hydrogen) atoms. The third kappa shape index (κ3) is 0.926. The van der Waals surface area contributed by atoms with Gasteiger partial charge in [-0.2, -0.15) is 0 Å². The zero-order chi connectivity index (χ0) is 17.0. The second kappa shape index (κ2) is 3.64. The number of hydrogen-bond donors (Lipinski definition) is 0. The van der Waals surface area contributed by atoms with Crippen LogP contribution in [0.1, 0.15) is 18.4 Å². The van der Waals surface area contributed by atoms with E-state index < -0.39 is 5.41 Å². The number of aldehydes is 1. The monoisotopic (exact) mass is 344 g/mol. The molecule has 1 heterocycles. The van der Waals surface area contributed by atoms with Crippen LogP contribution in [0.5, 0.6) is 0 Å². The number of benzene rings is 1. The van der Waals surface area contributed by atoms with Crippen molar-refractivity contribution in [2.24, 2.45) is 52.8 Å². The molecular weight excluding hydrogens is 324 g/mol. The summed E-state index contributed by atoms with van der Waals surface area (Å²) >= 11 is 0. The fraction of sp³-hybridized carbons (Fsp3) is 0.565. The maximum atomic E-state index is 13.7. The number of rotatable bonds is 2. The van der Waals surface area contributed by atoms with E-state index in [4.69, 9.17) is 4.74 Å². The Hall–Kier alpha value is -1.74. The Balaban J connectivity index is 1.40. The third-order valence-electron chi connectivity index (χ3n) is 9.85. The Labute approximate surface area is 151 Å². The lowest BCUT2D eigenvalue weighted by Crippen LogP contribution is -2.78. The lowest BCUT2D eigenvalue weighted by Gasteiger charge is -2.69. The molecule has 1 aromatic rings. The first kappa shape index (κ1) is 13.4. The Morgan fingerprint density at radius 2 is 1.92 bits per heavy atom. The number of carbonyl (C=O) groups excluding carboxylic acids is 2. The van der Waals surface area contributed by atoms with Gasteiger partial charge in [0, 0.05) is 17.8 Å². The highest BCUT2D eigenvalue weighted by Gasteiger charge is 2.98. The molecule has 0 amide bonds. The molecule has 1 aromatic carbocycles. The summed E-state index contributed by atoms with van der Waals surface area (Å²) < 4.78 is 6.84. The highest BCUT2D eigenvalue weighted by molar-refractivity contribution is 6.00. The van der Waals surface area contributed by atoms with Crippen LogP contribution in [0, 0.1) is 52.8 Å². The molecule has 6 aliphatic carbocycles. The highest BCUT2D eigenvalue weighted by Crippen LogP contribution is 2.91. The Kier molecular flexibility index (Phi) is 1.88. The lowest BCUT2D eigenvalue weighted by atomic mass is 9.35. The quantitative estimate of drug-likeness (QED) is 0.775. The van der Waals surface area contributed by atoms with Crippen molar-refractivity contribution in [2.75, 3.05) is 0 Å². The van der Waals surface area contributed by atoms with Gasteiger partial charge in [0.05, 0.1) is 17.1 Å². The largest absolute Gasteiger partial charge is 0.369 e. The predicted octanol–water partition coefficient (Wildman–Crippen LogP) is 2.75. The molecule has 0 radical (unpaired) electrons. The number of carbonyl (C=O) groups is 2. The van der Waals surface area contributed by atoms with E-state index in [1.165, 1.54) is 17.6 Å². The Bertz CT molecular complexity index is 949. The van der Waals surface area contributed by atoms with Crippen LogP contribution in [0.2, 0.25) is 0 Å². The molecule has 3 heteroatoms. The molecular formula is C23H20O3. The van der Waals surface area contributed by atoms with Crippen molar-refractivity contribution in [3.63, 3.8) is 0 Å². The first-order valence-corrected chi connectivity index (χ1v) is 10.2. The smallest absolute Gasteiger partial charge is 0.148 e. The number of ketones is 1. The molecule has 5 saturated carbocycles. The number of fused-ring (bicyclic) bond motifs is 3. The van der Waals surface area contributed by atoms with E-state index in [0.29, 0.717) is 35.4 Å². The van der Waals surface area contributed by atoms with Gasteiger partial charge in [-0.15, -0.1) is 0 Å². The van der Waals surface area contributed by atoms with Crippen LogP contribution in [-0.2, 0) is 14.3 Å². The van der Waals surface area contributed by atoms with Gasteiger partial charge in [0.25, 0.3) is 0 Å². The zero-order valence-electron chi connectivity index (χ0n) is 14.4. The minimum absolute atomic E-state index is 0.108. The van der Waals surface area contributed by atoms with Crippen LogP contribution >= 0.6 is 0 Å². The number of ether oxygens (including phenoxy) is 1. The zero-order valence-corrected chi connectivity index (χ0v) is 14.4. The van der Waals surface area contributed by atoms with Crippen LogP contribution in [0.4, 0.5) is 0 Å². The summed E-state index contributed by atoms with van der Waals surface area (Å²) in [4.78, 5) is 26.2. The van der Waals surface area contributed by atoms with Crippen molar-refractivity contribution in [3.8, 4) is 0 Å². The average molecular weight is 344 g/mol. The van der Waals surface area contributed by atoms with E-state index in [0.717, 1.165) is 12.7 Å². The molecule has 11 atom stereocenters. The van der Waals surface area contributed by atoms with Gasteiger partial charge in [-0.3, -0.25) is 4.79 Å². The summed E-state index contributed by atoms with van der Waals surface area (Å²) in [7, 11) is 0. The van der Waals surface area contributed by atoms with Crippen LogP contribution in [0.3, 0.4) is 0 Å². The van der Waals surface area contributed by atoms with E-state index in [2.05, 4.69) is 30.3 Å². The first-order chi connectivity index (χ1) is 12.7. The summed E-state index contributed by atoms with van der Waals surface area (Å²) in [5, 5.41) is 0. The highest BCUT2D eigenvalue weighted by atomic mass is 16.5. The molecule has 130 valence electrons. The first-order valence-electron chi connectivity index (χ1n) is 10.2. The molecule has 1 saturated heterocycles. The second-order valence-electron chi connectivity index (χ2n) is 9.85.